The van der Waals surface area contributed by atoms with E-state index >= 15 is 0 Å². The van der Waals surface area contributed by atoms with Gasteiger partial charge in [0.15, 0.2) is 5.96 Å². The maximum Gasteiger partial charge on any atom is 0.308 e. The van der Waals surface area contributed by atoms with E-state index < -0.39 is 0 Å². The monoisotopic (exact) mass is 323 g/mol. The molecule has 1 unspecified atom stereocenters. The summed E-state index contributed by atoms with van der Waals surface area (Å²) in [6, 6.07) is 18.0. The van der Waals surface area contributed by atoms with Crippen molar-refractivity contribution in [3.8, 4) is 5.75 Å². The van der Waals surface area contributed by atoms with Gasteiger partial charge in [-0.05, 0) is 29.7 Å². The summed E-state index contributed by atoms with van der Waals surface area (Å²) >= 11 is 0. The van der Waals surface area contributed by atoms with Crippen molar-refractivity contribution in [1.82, 2.24) is 10.6 Å². The zero-order valence-corrected chi connectivity index (χ0v) is 13.7. The lowest BCUT2D eigenvalue weighted by Crippen LogP contribution is -2.37. The van der Waals surface area contributed by atoms with Gasteiger partial charge in [0.1, 0.15) is 5.75 Å². The summed E-state index contributed by atoms with van der Waals surface area (Å²) in [4.78, 5) is 15.5. The van der Waals surface area contributed by atoms with Crippen LogP contribution in [0, 0.1) is 0 Å². The van der Waals surface area contributed by atoms with Crippen molar-refractivity contribution in [3.05, 3.63) is 65.7 Å². The molecule has 2 N–H and O–H groups in total. The quantitative estimate of drug-likeness (QED) is 0.655. The lowest BCUT2D eigenvalue weighted by atomic mass is 9.99. The third-order valence-corrected chi connectivity index (χ3v) is 3.81. The smallest absolute Gasteiger partial charge is 0.308 e. The van der Waals surface area contributed by atoms with E-state index in [1.165, 1.54) is 12.5 Å². The van der Waals surface area contributed by atoms with Crippen LogP contribution in [0.2, 0.25) is 0 Å². The number of esters is 1. The molecular formula is C19H21N3O2. The van der Waals surface area contributed by atoms with Gasteiger partial charge in [-0.15, -0.1) is 0 Å². The number of aliphatic imine (C=N–C) groups is 1. The Kier molecular flexibility index (Phi) is 5.11. The van der Waals surface area contributed by atoms with Gasteiger partial charge in [-0.1, -0.05) is 42.5 Å². The van der Waals surface area contributed by atoms with E-state index in [0.717, 1.165) is 31.0 Å². The van der Waals surface area contributed by atoms with E-state index in [0.29, 0.717) is 5.75 Å². The molecule has 0 radical (unpaired) electrons. The molecule has 124 valence electrons. The van der Waals surface area contributed by atoms with E-state index in [9.17, 15) is 4.79 Å². The average Bonchev–Trinajstić information content (AvgIpc) is 3.08. The molecule has 0 aliphatic carbocycles. The highest BCUT2D eigenvalue weighted by molar-refractivity contribution is 5.81. The number of hydrogen-bond acceptors (Lipinski definition) is 5. The summed E-state index contributed by atoms with van der Waals surface area (Å²) in [5.41, 5.74) is 2.36. The minimum absolute atomic E-state index is 0.0862. The predicted octanol–water partition coefficient (Wildman–Crippen LogP) is 2.44. The van der Waals surface area contributed by atoms with Crippen molar-refractivity contribution >= 4 is 11.9 Å². The van der Waals surface area contributed by atoms with E-state index in [2.05, 4.69) is 27.8 Å². The summed E-state index contributed by atoms with van der Waals surface area (Å²) in [6.45, 7) is 3.06. The van der Waals surface area contributed by atoms with E-state index in [4.69, 9.17) is 4.74 Å². The number of nitrogens with one attached hydrogen (secondary N) is 2. The molecule has 5 nitrogen and oxygen atoms in total. The maximum absolute atomic E-state index is 11.0. The van der Waals surface area contributed by atoms with Gasteiger partial charge in [-0.2, -0.15) is 0 Å². The second-order valence-electron chi connectivity index (χ2n) is 5.71. The average molecular weight is 323 g/mol. The van der Waals surface area contributed by atoms with Crippen molar-refractivity contribution in [3.63, 3.8) is 0 Å². The number of guanidine groups is 1. The molecule has 24 heavy (non-hydrogen) atoms. The van der Waals surface area contributed by atoms with Crippen LogP contribution in [0.5, 0.6) is 5.75 Å². The minimum atomic E-state index is -0.314. The molecule has 1 aliphatic rings. The molecule has 3 rings (SSSR count). The van der Waals surface area contributed by atoms with Gasteiger partial charge >= 0.3 is 5.97 Å². The van der Waals surface area contributed by atoms with E-state index in [-0.39, 0.29) is 12.0 Å². The lowest BCUT2D eigenvalue weighted by molar-refractivity contribution is -0.131. The van der Waals surface area contributed by atoms with Gasteiger partial charge in [-0.25, -0.2) is 0 Å². The Balaban J connectivity index is 1.78. The normalized spacial score (nSPS) is 14.5. The first-order valence-electron chi connectivity index (χ1n) is 8.08. The summed E-state index contributed by atoms with van der Waals surface area (Å²) in [5, 5.41) is 6.72. The number of carbonyl (C=O) groups excluding carboxylic acids is 1. The van der Waals surface area contributed by atoms with Crippen LogP contribution in [0.1, 0.15) is 24.1 Å². The van der Waals surface area contributed by atoms with Gasteiger partial charge in [0.2, 0.25) is 0 Å². The first-order valence-corrected chi connectivity index (χ1v) is 8.08. The van der Waals surface area contributed by atoms with Crippen LogP contribution in [0.4, 0.5) is 0 Å². The standard InChI is InChI=1S/C19H21N3O2/c1-14(23)24-17-9-7-16(8-10-17)18(22-19-20-11-12-21-19)13-15-5-3-2-4-6-15/h2-10,18H,11-13H2,1H3,(H2,20,21,22). The highest BCUT2D eigenvalue weighted by atomic mass is 16.5. The number of nitrogens with zero attached hydrogens (tertiary/aromatic N) is 1. The van der Waals surface area contributed by atoms with Gasteiger partial charge < -0.3 is 15.4 Å². The zero-order valence-electron chi connectivity index (χ0n) is 13.7. The van der Waals surface area contributed by atoms with Crippen molar-refractivity contribution in [2.45, 2.75) is 19.4 Å². The van der Waals surface area contributed by atoms with Crippen molar-refractivity contribution in [1.29, 1.82) is 0 Å². The molecule has 5 heteroatoms. The van der Waals surface area contributed by atoms with E-state index in [1.54, 1.807) is 0 Å². The van der Waals surface area contributed by atoms with Gasteiger partial charge in [-0.3, -0.25) is 9.79 Å². The van der Waals surface area contributed by atoms with Crippen molar-refractivity contribution < 1.29 is 9.53 Å². The molecule has 0 saturated heterocycles. The molecule has 2 aromatic carbocycles. The first-order chi connectivity index (χ1) is 11.7. The second kappa shape index (κ2) is 7.64. The molecular weight excluding hydrogens is 302 g/mol. The van der Waals surface area contributed by atoms with Gasteiger partial charge in [0.05, 0.1) is 12.6 Å². The first kappa shape index (κ1) is 16.1. The number of hydrogen-bond donors (Lipinski definition) is 2. The Morgan fingerprint density at radius 2 is 1.96 bits per heavy atom. The lowest BCUT2D eigenvalue weighted by Gasteiger charge is -2.21. The Bertz CT molecular complexity index is 711. The van der Waals surface area contributed by atoms with Crippen molar-refractivity contribution in [2.24, 2.45) is 4.99 Å². The highest BCUT2D eigenvalue weighted by Crippen LogP contribution is 2.22. The Morgan fingerprint density at radius 1 is 1.21 bits per heavy atom. The topological polar surface area (TPSA) is 62.7 Å². The van der Waals surface area contributed by atoms with Crippen LogP contribution in [0.15, 0.2) is 59.6 Å². The van der Waals surface area contributed by atoms with Crippen molar-refractivity contribution in [2.75, 3.05) is 13.1 Å². The summed E-state index contributed by atoms with van der Waals surface area (Å²) in [5.74, 6) is 1.08. The largest absolute Gasteiger partial charge is 0.427 e. The molecule has 0 fully saturated rings. The van der Waals surface area contributed by atoms with Gasteiger partial charge in [0.25, 0.3) is 0 Å². The van der Waals surface area contributed by atoms with Crippen LogP contribution in [0.3, 0.4) is 0 Å². The highest BCUT2D eigenvalue weighted by Gasteiger charge is 2.16. The fourth-order valence-electron chi connectivity index (χ4n) is 2.70. The molecule has 1 aliphatic heterocycles. The van der Waals surface area contributed by atoms with Crippen LogP contribution < -0.4 is 15.4 Å². The fourth-order valence-corrected chi connectivity index (χ4v) is 2.70. The number of rotatable bonds is 5. The second-order valence-corrected chi connectivity index (χ2v) is 5.71. The zero-order chi connectivity index (χ0) is 16.8. The predicted molar refractivity (Wildman–Crippen MR) is 94.1 cm³/mol. The van der Waals surface area contributed by atoms with Crippen LogP contribution >= 0.6 is 0 Å². The molecule has 2 aromatic rings. The van der Waals surface area contributed by atoms with E-state index in [1.807, 2.05) is 42.5 Å². The summed E-state index contributed by atoms with van der Waals surface area (Å²) in [6.07, 6.45) is 0.842. The molecule has 0 saturated carbocycles. The minimum Gasteiger partial charge on any atom is -0.427 e. The number of benzene rings is 2. The fraction of sp³-hybridized carbons (Fsp3) is 0.263. The Hall–Kier alpha value is -2.82. The molecule has 1 heterocycles. The SMILES string of the molecule is CC(=O)Oc1ccc(C(Cc2ccccc2)NC2=NCCN2)cc1. The summed E-state index contributed by atoms with van der Waals surface area (Å²) < 4.78 is 5.11. The maximum atomic E-state index is 11.0. The molecule has 0 bridgehead atoms. The van der Waals surface area contributed by atoms with Crippen LogP contribution in [-0.2, 0) is 11.2 Å². The molecule has 0 spiro atoms. The van der Waals surface area contributed by atoms with Gasteiger partial charge in [0, 0.05) is 13.5 Å². The number of ether oxygens (including phenoxy) is 1. The Labute approximate surface area is 141 Å². The van der Waals surface area contributed by atoms with Crippen LogP contribution in [0.25, 0.3) is 0 Å². The molecule has 1 atom stereocenters. The molecule has 0 amide bonds. The third-order valence-electron chi connectivity index (χ3n) is 3.81. The third kappa shape index (κ3) is 4.35. The Morgan fingerprint density at radius 3 is 2.58 bits per heavy atom. The molecule has 0 aromatic heterocycles. The van der Waals surface area contributed by atoms with Crippen LogP contribution in [-0.4, -0.2) is 25.0 Å². The number of carbonyl (C=O) groups is 1. The summed E-state index contributed by atoms with van der Waals surface area (Å²) in [7, 11) is 0.